The largest absolute Gasteiger partial charge is 0.467 e. The van der Waals surface area contributed by atoms with Crippen LogP contribution in [0.5, 0.6) is 5.75 Å². The lowest BCUT2D eigenvalue weighted by molar-refractivity contribution is -0.0172. The Morgan fingerprint density at radius 1 is 1.35 bits per heavy atom. The molecule has 1 aromatic carbocycles. The molecule has 0 bridgehead atoms. The van der Waals surface area contributed by atoms with Crippen LogP contribution in [0.25, 0.3) is 0 Å². The van der Waals surface area contributed by atoms with Crippen molar-refractivity contribution in [3.8, 4) is 5.75 Å². The molecule has 23 heavy (non-hydrogen) atoms. The number of halogens is 1. The van der Waals surface area contributed by atoms with Crippen molar-refractivity contribution in [2.45, 2.75) is 57.3 Å². The first kappa shape index (κ1) is 15.4. The molecule has 2 aliphatic heterocycles. The number of benzene rings is 1. The van der Waals surface area contributed by atoms with E-state index in [2.05, 4.69) is 17.1 Å². The molecule has 1 aromatic rings. The smallest absolute Gasteiger partial charge is 0.189 e. The molecule has 0 unspecified atom stereocenters. The first-order valence-corrected chi connectivity index (χ1v) is 8.71. The summed E-state index contributed by atoms with van der Waals surface area (Å²) in [7, 11) is 0. The second kappa shape index (κ2) is 6.38. The van der Waals surface area contributed by atoms with Gasteiger partial charge in [0.2, 0.25) is 0 Å². The second-order valence-corrected chi connectivity index (χ2v) is 7.08. The summed E-state index contributed by atoms with van der Waals surface area (Å²) in [5, 5.41) is 3.65. The Bertz CT molecular complexity index is 576. The fraction of sp³-hybridized carbons (Fsp3) is 0.667. The van der Waals surface area contributed by atoms with Crippen molar-refractivity contribution in [1.82, 2.24) is 10.2 Å². The van der Waals surface area contributed by atoms with Crippen LogP contribution in [0.4, 0.5) is 4.39 Å². The normalized spacial score (nSPS) is 27.7. The van der Waals surface area contributed by atoms with Gasteiger partial charge in [0.25, 0.3) is 0 Å². The van der Waals surface area contributed by atoms with Gasteiger partial charge >= 0.3 is 0 Å². The average Bonchev–Trinajstić information content (AvgIpc) is 3.31. The van der Waals surface area contributed by atoms with Gasteiger partial charge in [0.05, 0.1) is 6.61 Å². The topological polar surface area (TPSA) is 33.7 Å². The summed E-state index contributed by atoms with van der Waals surface area (Å²) in [6, 6.07) is 5.18. The van der Waals surface area contributed by atoms with Gasteiger partial charge in [-0.15, -0.1) is 0 Å². The molecule has 4 nitrogen and oxygen atoms in total. The molecular weight excluding hydrogens is 295 g/mol. The first-order chi connectivity index (χ1) is 11.2. The van der Waals surface area contributed by atoms with Gasteiger partial charge < -0.3 is 14.8 Å². The Hall–Kier alpha value is -1.17. The predicted octanol–water partition coefficient (Wildman–Crippen LogP) is 2.45. The highest BCUT2D eigenvalue weighted by molar-refractivity contribution is 5.42. The average molecular weight is 320 g/mol. The van der Waals surface area contributed by atoms with E-state index in [-0.39, 0.29) is 12.6 Å². The molecular formula is C18H25FN2O2. The molecule has 0 spiro atoms. The highest BCUT2D eigenvalue weighted by Crippen LogP contribution is 2.33. The number of ether oxygens (including phenoxy) is 2. The lowest BCUT2D eigenvalue weighted by Crippen LogP contribution is -2.35. The molecule has 2 fully saturated rings. The summed E-state index contributed by atoms with van der Waals surface area (Å²) >= 11 is 0. The lowest BCUT2D eigenvalue weighted by Gasteiger charge is -2.21. The van der Waals surface area contributed by atoms with E-state index in [0.717, 1.165) is 42.4 Å². The third kappa shape index (κ3) is 3.37. The number of hydrogen-bond acceptors (Lipinski definition) is 4. The molecule has 4 rings (SSSR count). The zero-order chi connectivity index (χ0) is 15.8. The molecule has 2 atom stereocenters. The van der Waals surface area contributed by atoms with Crippen LogP contribution in [0.2, 0.25) is 0 Å². The number of nitrogens with zero attached hydrogens (tertiary/aromatic N) is 1. The lowest BCUT2D eigenvalue weighted by atomic mass is 10.0. The van der Waals surface area contributed by atoms with Crippen LogP contribution in [0.15, 0.2) is 12.1 Å². The summed E-state index contributed by atoms with van der Waals surface area (Å²) in [5.74, 6) is 0.612. The van der Waals surface area contributed by atoms with Crippen LogP contribution < -0.4 is 10.1 Å². The minimum Gasteiger partial charge on any atom is -0.467 e. The number of nitrogens with one attached hydrogen (secondary N) is 1. The molecule has 2 heterocycles. The summed E-state index contributed by atoms with van der Waals surface area (Å²) < 4.78 is 24.6. The third-order valence-electron chi connectivity index (χ3n) is 5.22. The maximum absolute atomic E-state index is 13.7. The maximum Gasteiger partial charge on any atom is 0.189 e. The van der Waals surface area contributed by atoms with Gasteiger partial charge in [0.1, 0.15) is 11.6 Å². The van der Waals surface area contributed by atoms with Gasteiger partial charge in [-0.1, -0.05) is 0 Å². The Morgan fingerprint density at radius 3 is 3.04 bits per heavy atom. The van der Waals surface area contributed by atoms with E-state index in [1.165, 1.54) is 25.3 Å². The summed E-state index contributed by atoms with van der Waals surface area (Å²) in [6.45, 7) is 5.03. The fourth-order valence-electron chi connectivity index (χ4n) is 3.97. The van der Waals surface area contributed by atoms with Crippen molar-refractivity contribution < 1.29 is 13.9 Å². The second-order valence-electron chi connectivity index (χ2n) is 7.08. The minimum atomic E-state index is -0.206. The molecule has 0 radical (unpaired) electrons. The SMILES string of the molecule is C[C@H]1C[C@H](NCCc2cc(F)cc3c2OCOC3)CN1C1CC1. The number of fused-ring (bicyclic) bond motifs is 1. The highest BCUT2D eigenvalue weighted by atomic mass is 19.1. The van der Waals surface area contributed by atoms with Gasteiger partial charge in [-0.3, -0.25) is 4.90 Å². The zero-order valence-electron chi connectivity index (χ0n) is 13.7. The number of hydrogen-bond donors (Lipinski definition) is 1. The molecule has 5 heteroatoms. The molecule has 0 amide bonds. The third-order valence-corrected chi connectivity index (χ3v) is 5.22. The van der Waals surface area contributed by atoms with E-state index >= 15 is 0 Å². The van der Waals surface area contributed by atoms with Crippen molar-refractivity contribution >= 4 is 0 Å². The van der Waals surface area contributed by atoms with Crippen LogP contribution in [0.3, 0.4) is 0 Å². The summed E-state index contributed by atoms with van der Waals surface area (Å²) in [6.07, 6.45) is 4.73. The van der Waals surface area contributed by atoms with Gasteiger partial charge in [-0.2, -0.15) is 0 Å². The Labute approximate surface area is 136 Å². The van der Waals surface area contributed by atoms with Crippen molar-refractivity contribution in [2.75, 3.05) is 19.9 Å². The van der Waals surface area contributed by atoms with Gasteiger partial charge in [-0.05, 0) is 56.8 Å². The molecule has 1 saturated carbocycles. The monoisotopic (exact) mass is 320 g/mol. The van der Waals surface area contributed by atoms with E-state index in [0.29, 0.717) is 18.7 Å². The minimum absolute atomic E-state index is 0.206. The van der Waals surface area contributed by atoms with Crippen molar-refractivity contribution in [1.29, 1.82) is 0 Å². The van der Waals surface area contributed by atoms with Crippen LogP contribution >= 0.6 is 0 Å². The molecule has 1 aliphatic carbocycles. The van der Waals surface area contributed by atoms with E-state index in [9.17, 15) is 4.39 Å². The standard InChI is InChI=1S/C18H25FN2O2/c1-12-6-16(9-21(12)17-2-3-17)20-5-4-13-7-15(19)8-14-10-22-11-23-18(13)14/h7-8,12,16-17,20H,2-6,9-11H2,1H3/t12-,16-/m0/s1. The van der Waals surface area contributed by atoms with Crippen LogP contribution in [-0.4, -0.2) is 42.9 Å². The van der Waals surface area contributed by atoms with Gasteiger partial charge in [-0.25, -0.2) is 4.39 Å². The van der Waals surface area contributed by atoms with Crippen molar-refractivity contribution in [3.05, 3.63) is 29.1 Å². The van der Waals surface area contributed by atoms with Crippen LogP contribution in [0, 0.1) is 5.82 Å². The quantitative estimate of drug-likeness (QED) is 0.903. The summed E-state index contributed by atoms with van der Waals surface area (Å²) in [5.41, 5.74) is 1.77. The Kier molecular flexibility index (Phi) is 4.26. The van der Waals surface area contributed by atoms with Gasteiger partial charge in [0.15, 0.2) is 6.79 Å². The molecule has 3 aliphatic rings. The van der Waals surface area contributed by atoms with E-state index in [1.807, 2.05) is 0 Å². The van der Waals surface area contributed by atoms with Gasteiger partial charge in [0, 0.05) is 30.2 Å². The predicted molar refractivity (Wildman–Crippen MR) is 86.0 cm³/mol. The highest BCUT2D eigenvalue weighted by Gasteiger charge is 2.38. The fourth-order valence-corrected chi connectivity index (χ4v) is 3.97. The Balaban J connectivity index is 1.34. The molecule has 0 aromatic heterocycles. The number of rotatable bonds is 5. The van der Waals surface area contributed by atoms with Crippen LogP contribution in [0.1, 0.15) is 37.3 Å². The maximum atomic E-state index is 13.7. The Morgan fingerprint density at radius 2 is 2.22 bits per heavy atom. The number of likely N-dealkylation sites (tertiary alicyclic amines) is 1. The van der Waals surface area contributed by atoms with Crippen LogP contribution in [-0.2, 0) is 17.8 Å². The van der Waals surface area contributed by atoms with E-state index in [4.69, 9.17) is 9.47 Å². The van der Waals surface area contributed by atoms with E-state index in [1.54, 1.807) is 6.07 Å². The van der Waals surface area contributed by atoms with Crippen molar-refractivity contribution in [3.63, 3.8) is 0 Å². The summed E-state index contributed by atoms with van der Waals surface area (Å²) in [4.78, 5) is 2.64. The molecule has 1 saturated heterocycles. The molecule has 1 N–H and O–H groups in total. The van der Waals surface area contributed by atoms with Crippen molar-refractivity contribution in [2.24, 2.45) is 0 Å². The molecule has 126 valence electrons. The zero-order valence-corrected chi connectivity index (χ0v) is 13.7. The first-order valence-electron chi connectivity index (χ1n) is 8.71. The van der Waals surface area contributed by atoms with E-state index < -0.39 is 0 Å².